The molecule has 1 amide bonds. The number of likely N-dealkylation sites (tertiary alicyclic amines) is 1. The number of aromatic nitrogens is 1. The Balaban J connectivity index is 1.22. The quantitative estimate of drug-likeness (QED) is 0.674. The summed E-state index contributed by atoms with van der Waals surface area (Å²) in [5.41, 5.74) is 1.83. The first kappa shape index (κ1) is 17.7. The fourth-order valence-electron chi connectivity index (χ4n) is 3.65. The van der Waals surface area contributed by atoms with Crippen molar-refractivity contribution in [1.82, 2.24) is 9.88 Å². The van der Waals surface area contributed by atoms with Gasteiger partial charge < -0.3 is 18.8 Å². The minimum Gasteiger partial charge on any atom is -0.491 e. The molecule has 148 valence electrons. The van der Waals surface area contributed by atoms with Crippen molar-refractivity contribution < 1.29 is 27.9 Å². The number of hydrogen-bond donors (Lipinski definition) is 0. The van der Waals surface area contributed by atoms with Crippen molar-refractivity contribution in [3.05, 3.63) is 53.7 Å². The SMILES string of the molecule is O=C1COc2cc(F)c(C(=O)N3CC(COc4cccc5ocnc45)C3)cc2C1. The smallest absolute Gasteiger partial charge is 0.256 e. The number of ketones is 1. The minimum absolute atomic E-state index is 0.0335. The standard InChI is InChI=1S/C21H17FN2O5/c22-16-6-19-13(4-14(25)10-28-19)5-15(16)21(26)24-7-12(8-24)9-27-17-2-1-3-18-20(17)23-11-29-18/h1-3,5-6,11-12H,4,7-10H2. The van der Waals surface area contributed by atoms with Crippen LogP contribution < -0.4 is 9.47 Å². The van der Waals surface area contributed by atoms with Gasteiger partial charge in [-0.1, -0.05) is 6.07 Å². The summed E-state index contributed by atoms with van der Waals surface area (Å²) in [7, 11) is 0. The molecule has 3 heterocycles. The van der Waals surface area contributed by atoms with Crippen LogP contribution in [0.3, 0.4) is 0 Å². The van der Waals surface area contributed by atoms with E-state index < -0.39 is 11.7 Å². The largest absolute Gasteiger partial charge is 0.491 e. The van der Waals surface area contributed by atoms with Gasteiger partial charge in [-0.25, -0.2) is 9.37 Å². The number of benzene rings is 2. The average molecular weight is 396 g/mol. The highest BCUT2D eigenvalue weighted by Crippen LogP contribution is 2.30. The first-order valence-electron chi connectivity index (χ1n) is 9.29. The predicted molar refractivity (Wildman–Crippen MR) is 99.5 cm³/mol. The molecule has 0 bridgehead atoms. The van der Waals surface area contributed by atoms with Gasteiger partial charge in [-0.3, -0.25) is 9.59 Å². The topological polar surface area (TPSA) is 81.9 Å². The summed E-state index contributed by atoms with van der Waals surface area (Å²) < 4.78 is 30.7. The molecular formula is C21H17FN2O5. The molecule has 0 spiro atoms. The molecule has 8 heteroatoms. The molecule has 0 aliphatic carbocycles. The highest BCUT2D eigenvalue weighted by Gasteiger charge is 2.34. The first-order valence-corrected chi connectivity index (χ1v) is 9.29. The van der Waals surface area contributed by atoms with Gasteiger partial charge in [0.15, 0.2) is 23.3 Å². The summed E-state index contributed by atoms with van der Waals surface area (Å²) in [5.74, 6) is -0.0156. The van der Waals surface area contributed by atoms with Crippen LogP contribution in [0.15, 0.2) is 41.1 Å². The summed E-state index contributed by atoms with van der Waals surface area (Å²) in [6.07, 6.45) is 1.52. The maximum Gasteiger partial charge on any atom is 0.256 e. The number of carbonyl (C=O) groups is 2. The molecule has 7 nitrogen and oxygen atoms in total. The van der Waals surface area contributed by atoms with Crippen molar-refractivity contribution in [1.29, 1.82) is 0 Å². The van der Waals surface area contributed by atoms with Crippen LogP contribution in [0.2, 0.25) is 0 Å². The van der Waals surface area contributed by atoms with Crippen molar-refractivity contribution in [3.63, 3.8) is 0 Å². The molecule has 2 aliphatic rings. The number of oxazole rings is 1. The second kappa shape index (κ2) is 6.88. The van der Waals surface area contributed by atoms with Crippen LogP contribution in [0.25, 0.3) is 11.1 Å². The average Bonchev–Trinajstić information content (AvgIpc) is 3.16. The van der Waals surface area contributed by atoms with Gasteiger partial charge in [0, 0.05) is 37.1 Å². The lowest BCUT2D eigenvalue weighted by Gasteiger charge is -2.39. The molecule has 1 saturated heterocycles. The van der Waals surface area contributed by atoms with E-state index in [0.717, 1.165) is 0 Å². The molecule has 3 aromatic rings. The van der Waals surface area contributed by atoms with Crippen LogP contribution in [0.1, 0.15) is 15.9 Å². The van der Waals surface area contributed by atoms with Crippen LogP contribution in [-0.2, 0) is 11.2 Å². The number of carbonyl (C=O) groups excluding carboxylic acids is 2. The molecule has 0 unspecified atom stereocenters. The Labute approximate surface area is 165 Å². The lowest BCUT2D eigenvalue weighted by molar-refractivity contribution is -0.121. The molecular weight excluding hydrogens is 379 g/mol. The normalized spacial score (nSPS) is 16.3. The Morgan fingerprint density at radius 3 is 3.03 bits per heavy atom. The van der Waals surface area contributed by atoms with Gasteiger partial charge in [0.1, 0.15) is 23.9 Å². The number of fused-ring (bicyclic) bond motifs is 2. The van der Waals surface area contributed by atoms with Crippen molar-refractivity contribution in [3.8, 4) is 11.5 Å². The van der Waals surface area contributed by atoms with Gasteiger partial charge in [-0.05, 0) is 18.2 Å². The maximum absolute atomic E-state index is 14.4. The maximum atomic E-state index is 14.4. The fourth-order valence-corrected chi connectivity index (χ4v) is 3.65. The number of nitrogens with zero attached hydrogens (tertiary/aromatic N) is 2. The molecule has 5 rings (SSSR count). The molecule has 0 atom stereocenters. The van der Waals surface area contributed by atoms with Gasteiger partial charge >= 0.3 is 0 Å². The monoisotopic (exact) mass is 396 g/mol. The molecule has 0 saturated carbocycles. The number of rotatable bonds is 4. The van der Waals surface area contributed by atoms with Crippen LogP contribution in [0.5, 0.6) is 11.5 Å². The second-order valence-corrected chi connectivity index (χ2v) is 7.29. The van der Waals surface area contributed by atoms with E-state index in [9.17, 15) is 14.0 Å². The van der Waals surface area contributed by atoms with E-state index >= 15 is 0 Å². The number of amides is 1. The fraction of sp³-hybridized carbons (Fsp3) is 0.286. The van der Waals surface area contributed by atoms with Gasteiger partial charge in [0.05, 0.1) is 12.2 Å². The highest BCUT2D eigenvalue weighted by atomic mass is 19.1. The third-order valence-electron chi connectivity index (χ3n) is 5.20. The van der Waals surface area contributed by atoms with Crippen LogP contribution in [-0.4, -0.2) is 47.9 Å². The number of hydrogen-bond acceptors (Lipinski definition) is 6. The lowest BCUT2D eigenvalue weighted by Crippen LogP contribution is -2.52. The van der Waals surface area contributed by atoms with Gasteiger partial charge in [-0.2, -0.15) is 0 Å². The Kier molecular flexibility index (Phi) is 4.19. The van der Waals surface area contributed by atoms with E-state index in [1.165, 1.54) is 18.5 Å². The molecule has 1 fully saturated rings. The summed E-state index contributed by atoms with van der Waals surface area (Å²) in [5, 5.41) is 0. The van der Waals surface area contributed by atoms with E-state index in [0.29, 0.717) is 47.9 Å². The predicted octanol–water partition coefficient (Wildman–Crippen LogP) is 2.62. The summed E-state index contributed by atoms with van der Waals surface area (Å²) in [4.78, 5) is 29.9. The third kappa shape index (κ3) is 3.20. The van der Waals surface area contributed by atoms with E-state index in [4.69, 9.17) is 13.9 Å². The molecule has 29 heavy (non-hydrogen) atoms. The second-order valence-electron chi connectivity index (χ2n) is 7.29. The van der Waals surface area contributed by atoms with E-state index in [-0.39, 0.29) is 30.3 Å². The summed E-state index contributed by atoms with van der Waals surface area (Å²) in [6.45, 7) is 1.31. The van der Waals surface area contributed by atoms with Gasteiger partial charge in [0.25, 0.3) is 5.91 Å². The summed E-state index contributed by atoms with van der Waals surface area (Å²) in [6, 6.07) is 8.07. The number of para-hydroxylation sites is 1. The number of Topliss-reactive ketones (excluding diaryl/α,β-unsaturated/α-hetero) is 1. The van der Waals surface area contributed by atoms with Crippen molar-refractivity contribution >= 4 is 22.8 Å². The van der Waals surface area contributed by atoms with Crippen LogP contribution >= 0.6 is 0 Å². The summed E-state index contributed by atoms with van der Waals surface area (Å²) >= 11 is 0. The molecule has 1 aromatic heterocycles. The molecule has 0 radical (unpaired) electrons. The Morgan fingerprint density at radius 2 is 2.17 bits per heavy atom. The van der Waals surface area contributed by atoms with E-state index in [1.807, 2.05) is 18.2 Å². The highest BCUT2D eigenvalue weighted by molar-refractivity contribution is 5.96. The number of halogens is 1. The Hall–Kier alpha value is -3.42. The zero-order chi connectivity index (χ0) is 20.0. The lowest BCUT2D eigenvalue weighted by atomic mass is 9.97. The van der Waals surface area contributed by atoms with Crippen molar-refractivity contribution in [2.75, 3.05) is 26.3 Å². The van der Waals surface area contributed by atoms with E-state index in [1.54, 1.807) is 4.90 Å². The molecule has 2 aromatic carbocycles. The third-order valence-corrected chi connectivity index (χ3v) is 5.20. The Morgan fingerprint density at radius 1 is 1.31 bits per heavy atom. The van der Waals surface area contributed by atoms with Crippen molar-refractivity contribution in [2.45, 2.75) is 6.42 Å². The van der Waals surface area contributed by atoms with Gasteiger partial charge in [-0.15, -0.1) is 0 Å². The minimum atomic E-state index is -0.638. The first-order chi connectivity index (χ1) is 14.1. The Bertz CT molecular complexity index is 1120. The van der Waals surface area contributed by atoms with Crippen LogP contribution in [0.4, 0.5) is 4.39 Å². The van der Waals surface area contributed by atoms with Gasteiger partial charge in [0.2, 0.25) is 0 Å². The van der Waals surface area contributed by atoms with E-state index in [2.05, 4.69) is 4.98 Å². The molecule has 0 N–H and O–H groups in total. The van der Waals surface area contributed by atoms with Crippen LogP contribution in [0, 0.1) is 11.7 Å². The zero-order valence-corrected chi connectivity index (χ0v) is 15.4. The number of ether oxygens (including phenoxy) is 2. The van der Waals surface area contributed by atoms with Crippen molar-refractivity contribution in [2.24, 2.45) is 5.92 Å². The molecule has 2 aliphatic heterocycles. The zero-order valence-electron chi connectivity index (χ0n) is 15.4.